The summed E-state index contributed by atoms with van der Waals surface area (Å²) in [6.07, 6.45) is 7.00. The number of hydrogen-bond acceptors (Lipinski definition) is 4. The van der Waals surface area contributed by atoms with Crippen molar-refractivity contribution in [3.8, 4) is 5.75 Å². The summed E-state index contributed by atoms with van der Waals surface area (Å²) in [5.41, 5.74) is 1.36. The molecule has 154 valence electrons. The second-order valence-electron chi connectivity index (χ2n) is 8.70. The number of amides is 1. The summed E-state index contributed by atoms with van der Waals surface area (Å²) in [7, 11) is 1.71. The molecule has 0 bridgehead atoms. The van der Waals surface area contributed by atoms with Crippen LogP contribution in [0.4, 0.5) is 0 Å². The largest absolute Gasteiger partial charge is 0.497 e. The number of nitrogens with zero attached hydrogens (tertiary/aromatic N) is 3. The molecule has 5 nitrogen and oxygen atoms in total. The van der Waals surface area contributed by atoms with Crippen LogP contribution in [0.3, 0.4) is 0 Å². The molecule has 4 rings (SSSR count). The van der Waals surface area contributed by atoms with Gasteiger partial charge in [0.25, 0.3) is 0 Å². The quantitative estimate of drug-likeness (QED) is 0.781. The SMILES string of the molecule is COc1ccc(CN2CCC(N3CCC(C(=O)N4CCCC4)CC3)CC2)cc1. The average Bonchev–Trinajstić information content (AvgIpc) is 3.29. The monoisotopic (exact) mass is 385 g/mol. The maximum atomic E-state index is 12.6. The van der Waals surface area contributed by atoms with E-state index in [9.17, 15) is 4.79 Å². The van der Waals surface area contributed by atoms with Crippen molar-refractivity contribution in [3.05, 3.63) is 29.8 Å². The fourth-order valence-electron chi connectivity index (χ4n) is 5.14. The van der Waals surface area contributed by atoms with E-state index in [1.54, 1.807) is 7.11 Å². The number of piperidine rings is 2. The zero-order chi connectivity index (χ0) is 19.3. The molecule has 0 saturated carbocycles. The van der Waals surface area contributed by atoms with Crippen molar-refractivity contribution in [3.63, 3.8) is 0 Å². The summed E-state index contributed by atoms with van der Waals surface area (Å²) in [6.45, 7) is 7.56. The van der Waals surface area contributed by atoms with Crippen LogP contribution in [0.1, 0.15) is 44.1 Å². The number of carbonyl (C=O) groups excluding carboxylic acids is 1. The van der Waals surface area contributed by atoms with Gasteiger partial charge in [-0.25, -0.2) is 0 Å². The van der Waals surface area contributed by atoms with Gasteiger partial charge in [-0.05, 0) is 82.4 Å². The first kappa shape index (κ1) is 19.7. The first-order valence-corrected chi connectivity index (χ1v) is 11.1. The van der Waals surface area contributed by atoms with Gasteiger partial charge in [0.1, 0.15) is 5.75 Å². The number of rotatable bonds is 5. The molecule has 0 N–H and O–H groups in total. The standard InChI is InChI=1S/C23H35N3O2/c1-28-22-6-4-19(5-7-22)18-24-14-10-21(11-15-24)25-16-8-20(9-17-25)23(27)26-12-2-3-13-26/h4-7,20-21H,2-3,8-18H2,1H3. The summed E-state index contributed by atoms with van der Waals surface area (Å²) < 4.78 is 5.25. The Morgan fingerprint density at radius 1 is 0.929 bits per heavy atom. The number of hydrogen-bond donors (Lipinski definition) is 0. The second kappa shape index (κ2) is 9.27. The van der Waals surface area contributed by atoms with Gasteiger partial charge >= 0.3 is 0 Å². The fourth-order valence-corrected chi connectivity index (χ4v) is 5.14. The molecular weight excluding hydrogens is 350 g/mol. The van der Waals surface area contributed by atoms with Crippen molar-refractivity contribution in [2.24, 2.45) is 5.92 Å². The van der Waals surface area contributed by atoms with E-state index < -0.39 is 0 Å². The predicted octanol–water partition coefficient (Wildman–Crippen LogP) is 2.99. The van der Waals surface area contributed by atoms with E-state index in [4.69, 9.17) is 4.74 Å². The summed E-state index contributed by atoms with van der Waals surface area (Å²) in [6, 6.07) is 9.15. The van der Waals surface area contributed by atoms with E-state index in [-0.39, 0.29) is 5.92 Å². The Hall–Kier alpha value is -1.59. The van der Waals surface area contributed by atoms with Crippen molar-refractivity contribution in [2.75, 3.05) is 46.4 Å². The molecule has 0 atom stereocenters. The van der Waals surface area contributed by atoms with Crippen LogP contribution in [-0.2, 0) is 11.3 Å². The van der Waals surface area contributed by atoms with E-state index in [1.165, 1.54) is 44.3 Å². The number of likely N-dealkylation sites (tertiary alicyclic amines) is 3. The third kappa shape index (κ3) is 4.69. The molecule has 28 heavy (non-hydrogen) atoms. The predicted molar refractivity (Wildman–Crippen MR) is 111 cm³/mol. The summed E-state index contributed by atoms with van der Waals surface area (Å²) in [5.74, 6) is 1.64. The molecule has 3 heterocycles. The molecule has 3 saturated heterocycles. The lowest BCUT2D eigenvalue weighted by atomic mass is 9.92. The zero-order valence-corrected chi connectivity index (χ0v) is 17.3. The van der Waals surface area contributed by atoms with Gasteiger partial charge in [0.2, 0.25) is 5.91 Å². The lowest BCUT2D eigenvalue weighted by molar-refractivity contribution is -0.136. The number of carbonyl (C=O) groups is 1. The normalized spacial score (nSPS) is 23.2. The Labute approximate surface area is 169 Å². The van der Waals surface area contributed by atoms with Crippen LogP contribution >= 0.6 is 0 Å². The molecule has 0 spiro atoms. The van der Waals surface area contributed by atoms with E-state index in [0.717, 1.165) is 51.3 Å². The summed E-state index contributed by atoms with van der Waals surface area (Å²) in [4.78, 5) is 20.0. The molecular formula is C23H35N3O2. The Balaban J connectivity index is 1.19. The number of benzene rings is 1. The molecule has 1 aromatic carbocycles. The van der Waals surface area contributed by atoms with Crippen molar-refractivity contribution in [2.45, 2.75) is 51.1 Å². The Morgan fingerprint density at radius 2 is 1.57 bits per heavy atom. The van der Waals surface area contributed by atoms with Gasteiger partial charge in [-0.1, -0.05) is 12.1 Å². The molecule has 5 heteroatoms. The van der Waals surface area contributed by atoms with Crippen LogP contribution in [0.2, 0.25) is 0 Å². The topological polar surface area (TPSA) is 36.0 Å². The van der Waals surface area contributed by atoms with Crippen LogP contribution in [-0.4, -0.2) is 73.0 Å². The maximum absolute atomic E-state index is 12.6. The molecule has 3 fully saturated rings. The van der Waals surface area contributed by atoms with Crippen molar-refractivity contribution in [1.82, 2.24) is 14.7 Å². The first-order valence-electron chi connectivity index (χ1n) is 11.1. The van der Waals surface area contributed by atoms with Gasteiger partial charge in [-0.3, -0.25) is 9.69 Å². The first-order chi connectivity index (χ1) is 13.7. The summed E-state index contributed by atoms with van der Waals surface area (Å²) >= 11 is 0. The minimum absolute atomic E-state index is 0.282. The van der Waals surface area contributed by atoms with Crippen LogP contribution in [0.15, 0.2) is 24.3 Å². The van der Waals surface area contributed by atoms with Gasteiger partial charge in [0.05, 0.1) is 7.11 Å². The molecule has 0 unspecified atom stereocenters. The maximum Gasteiger partial charge on any atom is 0.225 e. The molecule has 0 aromatic heterocycles. The average molecular weight is 386 g/mol. The molecule has 0 radical (unpaired) electrons. The van der Waals surface area contributed by atoms with E-state index in [0.29, 0.717) is 11.9 Å². The van der Waals surface area contributed by atoms with Crippen molar-refractivity contribution in [1.29, 1.82) is 0 Å². The number of ether oxygens (including phenoxy) is 1. The summed E-state index contributed by atoms with van der Waals surface area (Å²) in [5, 5.41) is 0. The third-order valence-corrected chi connectivity index (χ3v) is 6.94. The van der Waals surface area contributed by atoms with Crippen molar-refractivity contribution < 1.29 is 9.53 Å². The van der Waals surface area contributed by atoms with Crippen LogP contribution < -0.4 is 4.74 Å². The lowest BCUT2D eigenvalue weighted by Gasteiger charge is -2.42. The van der Waals surface area contributed by atoms with Gasteiger partial charge in [0, 0.05) is 31.6 Å². The van der Waals surface area contributed by atoms with Crippen LogP contribution in [0.25, 0.3) is 0 Å². The van der Waals surface area contributed by atoms with Gasteiger partial charge in [-0.2, -0.15) is 0 Å². The van der Waals surface area contributed by atoms with E-state index in [1.807, 2.05) is 0 Å². The molecule has 1 aromatic rings. The molecule has 3 aliphatic rings. The Morgan fingerprint density at radius 3 is 2.18 bits per heavy atom. The molecule has 1 amide bonds. The fraction of sp³-hybridized carbons (Fsp3) is 0.696. The Bertz CT molecular complexity index is 626. The lowest BCUT2D eigenvalue weighted by Crippen LogP contribution is -2.49. The minimum atomic E-state index is 0.282. The zero-order valence-electron chi connectivity index (χ0n) is 17.3. The van der Waals surface area contributed by atoms with E-state index >= 15 is 0 Å². The third-order valence-electron chi connectivity index (χ3n) is 6.94. The molecule has 3 aliphatic heterocycles. The highest BCUT2D eigenvalue weighted by atomic mass is 16.5. The highest BCUT2D eigenvalue weighted by molar-refractivity contribution is 5.79. The molecule has 0 aliphatic carbocycles. The Kier molecular flexibility index (Phi) is 6.53. The smallest absolute Gasteiger partial charge is 0.225 e. The van der Waals surface area contributed by atoms with Crippen molar-refractivity contribution >= 4 is 5.91 Å². The second-order valence-corrected chi connectivity index (χ2v) is 8.70. The van der Waals surface area contributed by atoms with E-state index in [2.05, 4.69) is 39.0 Å². The van der Waals surface area contributed by atoms with Gasteiger partial charge in [-0.15, -0.1) is 0 Å². The number of methoxy groups -OCH3 is 1. The minimum Gasteiger partial charge on any atom is -0.497 e. The van der Waals surface area contributed by atoms with Gasteiger partial charge in [0.15, 0.2) is 0 Å². The highest BCUT2D eigenvalue weighted by Gasteiger charge is 2.33. The van der Waals surface area contributed by atoms with Crippen LogP contribution in [0, 0.1) is 5.92 Å². The van der Waals surface area contributed by atoms with Crippen LogP contribution in [0.5, 0.6) is 5.75 Å². The van der Waals surface area contributed by atoms with Gasteiger partial charge < -0.3 is 14.5 Å². The highest BCUT2D eigenvalue weighted by Crippen LogP contribution is 2.27.